The number of rotatable bonds is 21. The third-order valence-corrected chi connectivity index (χ3v) is 8.27. The molecule has 31 heavy (non-hydrogen) atoms. The fourth-order valence-electron chi connectivity index (χ4n) is 3.82. The predicted octanol–water partition coefficient (Wildman–Crippen LogP) is 8.42. The molecule has 0 aliphatic carbocycles. The highest BCUT2D eigenvalue weighted by atomic mass is 28.4. The van der Waals surface area contributed by atoms with E-state index in [0.29, 0.717) is 0 Å². The van der Waals surface area contributed by atoms with E-state index in [2.05, 4.69) is 20.0 Å². The molecule has 182 valence electrons. The molecular weight excluding hydrogens is 404 g/mol. The molecule has 0 fully saturated rings. The van der Waals surface area contributed by atoms with Crippen LogP contribution >= 0.6 is 0 Å². The van der Waals surface area contributed by atoms with Crippen molar-refractivity contribution in [3.8, 4) is 0 Å². The van der Waals surface area contributed by atoms with E-state index in [4.69, 9.17) is 9.53 Å². The van der Waals surface area contributed by atoms with Gasteiger partial charge < -0.3 is 9.53 Å². The van der Waals surface area contributed by atoms with Gasteiger partial charge in [-0.15, -0.1) is 0 Å². The van der Waals surface area contributed by atoms with Gasteiger partial charge in [0.25, 0.3) is 5.97 Å². The summed E-state index contributed by atoms with van der Waals surface area (Å²) in [6, 6.07) is 0.985. The molecule has 0 aromatic rings. The van der Waals surface area contributed by atoms with Gasteiger partial charge in [0.15, 0.2) is 0 Å². The first-order chi connectivity index (χ1) is 14.8. The molecule has 0 saturated heterocycles. The fraction of sp³-hybridized carbons (Fsp3) is 0.846. The standard InChI is InChI=1S/C26H50O4Si/c1-5-6-7-8-9-10-11-12-13-14-15-16-17-18-19-20-23-31(3,4)30-25(27)22-21-24(2)26(28)29/h21H,5-20,22-23H2,1-4H3,(H,28,29). The average molecular weight is 455 g/mol. The van der Waals surface area contributed by atoms with E-state index >= 15 is 0 Å². The minimum Gasteiger partial charge on any atom is -0.519 e. The zero-order chi connectivity index (χ0) is 23.4. The third kappa shape index (κ3) is 20.5. The second-order valence-corrected chi connectivity index (χ2v) is 13.9. The van der Waals surface area contributed by atoms with Crippen molar-refractivity contribution in [2.45, 2.75) is 142 Å². The zero-order valence-corrected chi connectivity index (χ0v) is 22.0. The second-order valence-electron chi connectivity index (χ2n) is 9.68. The van der Waals surface area contributed by atoms with Gasteiger partial charge in [0.2, 0.25) is 8.32 Å². The van der Waals surface area contributed by atoms with Crippen molar-refractivity contribution in [1.29, 1.82) is 0 Å². The minimum atomic E-state index is -2.00. The molecular formula is C26H50O4Si. The van der Waals surface area contributed by atoms with Crippen molar-refractivity contribution in [2.24, 2.45) is 0 Å². The molecule has 0 aromatic carbocycles. The first-order valence-electron chi connectivity index (χ1n) is 12.9. The van der Waals surface area contributed by atoms with E-state index in [-0.39, 0.29) is 18.0 Å². The highest BCUT2D eigenvalue weighted by Gasteiger charge is 2.25. The van der Waals surface area contributed by atoms with Gasteiger partial charge in [0.1, 0.15) is 0 Å². The second kappa shape index (κ2) is 19.6. The number of carbonyl (C=O) groups is 2. The van der Waals surface area contributed by atoms with Crippen molar-refractivity contribution in [3.63, 3.8) is 0 Å². The summed E-state index contributed by atoms with van der Waals surface area (Å²) >= 11 is 0. The summed E-state index contributed by atoms with van der Waals surface area (Å²) < 4.78 is 5.65. The molecule has 0 aliphatic heterocycles. The smallest absolute Gasteiger partial charge is 0.330 e. The number of carboxylic acid groups (broad SMARTS) is 1. The average Bonchev–Trinajstić information content (AvgIpc) is 2.71. The summed E-state index contributed by atoms with van der Waals surface area (Å²) in [7, 11) is -2.00. The Morgan fingerprint density at radius 3 is 1.52 bits per heavy atom. The molecule has 0 amide bonds. The van der Waals surface area contributed by atoms with Crippen molar-refractivity contribution in [2.75, 3.05) is 0 Å². The van der Waals surface area contributed by atoms with Gasteiger partial charge in [0.05, 0.1) is 6.42 Å². The maximum absolute atomic E-state index is 11.9. The lowest BCUT2D eigenvalue weighted by Gasteiger charge is -2.22. The van der Waals surface area contributed by atoms with Crippen LogP contribution in [0.25, 0.3) is 0 Å². The molecule has 0 saturated carbocycles. The van der Waals surface area contributed by atoms with Crippen LogP contribution in [0.2, 0.25) is 19.1 Å². The van der Waals surface area contributed by atoms with Crippen LogP contribution in [-0.4, -0.2) is 25.4 Å². The van der Waals surface area contributed by atoms with E-state index in [1.165, 1.54) is 109 Å². The first kappa shape index (κ1) is 29.9. The molecule has 5 heteroatoms. The number of hydrogen-bond donors (Lipinski definition) is 1. The highest BCUT2D eigenvalue weighted by Crippen LogP contribution is 2.19. The summed E-state index contributed by atoms with van der Waals surface area (Å²) in [5.41, 5.74) is 0.189. The number of carbonyl (C=O) groups excluding carboxylic acids is 1. The molecule has 0 unspecified atom stereocenters. The summed E-state index contributed by atoms with van der Waals surface area (Å²) in [6.07, 6.45) is 23.2. The van der Waals surface area contributed by atoms with E-state index in [9.17, 15) is 9.59 Å². The van der Waals surface area contributed by atoms with Gasteiger partial charge in [-0.25, -0.2) is 4.79 Å². The Morgan fingerprint density at radius 2 is 1.13 bits per heavy atom. The maximum Gasteiger partial charge on any atom is 0.330 e. The Hall–Kier alpha value is -1.10. The lowest BCUT2D eigenvalue weighted by atomic mass is 10.0. The lowest BCUT2D eigenvalue weighted by molar-refractivity contribution is -0.134. The van der Waals surface area contributed by atoms with E-state index in [1.807, 2.05) is 0 Å². The zero-order valence-electron chi connectivity index (χ0n) is 21.0. The molecule has 0 heterocycles. The Bertz CT molecular complexity index is 500. The van der Waals surface area contributed by atoms with E-state index in [1.54, 1.807) is 0 Å². The number of carboxylic acids is 1. The quantitative estimate of drug-likeness (QED) is 0.107. The topological polar surface area (TPSA) is 63.6 Å². The molecule has 0 atom stereocenters. The van der Waals surface area contributed by atoms with Crippen LogP contribution in [0.4, 0.5) is 0 Å². The van der Waals surface area contributed by atoms with Gasteiger partial charge in [-0.05, 0) is 26.1 Å². The SMILES string of the molecule is CCCCCCCCCCCCCCCCCC[Si](C)(C)OC(=O)CC=C(C)C(=O)O. The van der Waals surface area contributed by atoms with Crippen LogP contribution in [0.5, 0.6) is 0 Å². The summed E-state index contributed by atoms with van der Waals surface area (Å²) in [6.45, 7) is 7.92. The summed E-state index contributed by atoms with van der Waals surface area (Å²) in [5, 5.41) is 8.82. The van der Waals surface area contributed by atoms with Gasteiger partial charge in [-0.1, -0.05) is 116 Å². The summed E-state index contributed by atoms with van der Waals surface area (Å²) in [4.78, 5) is 22.7. The van der Waals surface area contributed by atoms with Gasteiger partial charge in [0, 0.05) is 5.57 Å². The van der Waals surface area contributed by atoms with Crippen LogP contribution in [0, 0.1) is 0 Å². The number of aliphatic carboxylic acids is 1. The monoisotopic (exact) mass is 454 g/mol. The Balaban J connectivity index is 3.52. The van der Waals surface area contributed by atoms with Gasteiger partial charge >= 0.3 is 5.97 Å². The number of unbranched alkanes of at least 4 members (excludes halogenated alkanes) is 15. The molecule has 4 nitrogen and oxygen atoms in total. The van der Waals surface area contributed by atoms with E-state index < -0.39 is 14.3 Å². The Morgan fingerprint density at radius 1 is 0.742 bits per heavy atom. The molecule has 0 radical (unpaired) electrons. The van der Waals surface area contributed by atoms with E-state index in [0.717, 1.165) is 12.5 Å². The third-order valence-electron chi connectivity index (χ3n) is 5.93. The van der Waals surface area contributed by atoms with Crippen molar-refractivity contribution in [3.05, 3.63) is 11.6 Å². The first-order valence-corrected chi connectivity index (χ1v) is 16.0. The molecule has 0 aliphatic rings. The van der Waals surface area contributed by atoms with Gasteiger partial charge in [-0.2, -0.15) is 0 Å². The van der Waals surface area contributed by atoms with Crippen LogP contribution in [0.1, 0.15) is 123 Å². The maximum atomic E-state index is 11.9. The Labute approximate surface area is 193 Å². The molecule has 0 spiro atoms. The lowest BCUT2D eigenvalue weighted by Crippen LogP contribution is -2.33. The van der Waals surface area contributed by atoms with Crippen molar-refractivity contribution in [1.82, 2.24) is 0 Å². The van der Waals surface area contributed by atoms with Gasteiger partial charge in [-0.3, -0.25) is 4.79 Å². The Kier molecular flexibility index (Phi) is 18.9. The van der Waals surface area contributed by atoms with Crippen molar-refractivity contribution < 1.29 is 19.1 Å². The van der Waals surface area contributed by atoms with Crippen LogP contribution in [0.3, 0.4) is 0 Å². The highest BCUT2D eigenvalue weighted by molar-refractivity contribution is 6.72. The van der Waals surface area contributed by atoms with Crippen LogP contribution in [0.15, 0.2) is 11.6 Å². The normalized spacial score (nSPS) is 12.2. The van der Waals surface area contributed by atoms with Crippen molar-refractivity contribution >= 4 is 20.3 Å². The predicted molar refractivity (Wildman–Crippen MR) is 134 cm³/mol. The molecule has 1 N–H and O–H groups in total. The molecule has 0 bridgehead atoms. The largest absolute Gasteiger partial charge is 0.519 e. The number of hydrogen-bond acceptors (Lipinski definition) is 3. The van der Waals surface area contributed by atoms with Crippen LogP contribution in [-0.2, 0) is 14.0 Å². The fourth-order valence-corrected chi connectivity index (χ4v) is 5.73. The molecule has 0 rings (SSSR count). The molecule has 0 aromatic heterocycles. The summed E-state index contributed by atoms with van der Waals surface area (Å²) in [5.74, 6) is -1.29. The van der Waals surface area contributed by atoms with Crippen LogP contribution < -0.4 is 0 Å². The minimum absolute atomic E-state index is 0.0491.